The molecule has 2 atom stereocenters. The van der Waals surface area contributed by atoms with Gasteiger partial charge in [-0.1, -0.05) is 24.3 Å². The largest absolute Gasteiger partial charge is 0.352 e. The molecular weight excluding hydrogens is 402 g/mol. The lowest BCUT2D eigenvalue weighted by Gasteiger charge is -2.29. The molecule has 6 heteroatoms. The fraction of sp³-hybridized carbons (Fsp3) is 0.160. The molecule has 3 aromatic heterocycles. The first-order valence-electron chi connectivity index (χ1n) is 10.3. The smallest absolute Gasteiger partial charge is 0.170 e. The molecule has 31 heavy (non-hydrogen) atoms. The maximum atomic E-state index is 5.82. The minimum absolute atomic E-state index is 0.00910. The second-order valence-electron chi connectivity index (χ2n) is 7.70. The van der Waals surface area contributed by atoms with Gasteiger partial charge in [0.1, 0.15) is 0 Å². The van der Waals surface area contributed by atoms with Crippen LogP contribution in [0.15, 0.2) is 91.5 Å². The highest BCUT2D eigenvalue weighted by Crippen LogP contribution is 2.40. The summed E-state index contributed by atoms with van der Waals surface area (Å²) in [6, 6.07) is 22.8. The third kappa shape index (κ3) is 3.70. The molecule has 0 aliphatic carbocycles. The molecule has 1 aliphatic heterocycles. The Bertz CT molecular complexity index is 1190. The summed E-state index contributed by atoms with van der Waals surface area (Å²) < 4.78 is 2.27. The Morgan fingerprint density at radius 2 is 1.74 bits per heavy atom. The minimum atomic E-state index is -0.0480. The first-order valence-corrected chi connectivity index (χ1v) is 10.7. The summed E-state index contributed by atoms with van der Waals surface area (Å²) in [5, 5.41) is 4.27. The molecule has 1 N–H and O–H groups in total. The van der Waals surface area contributed by atoms with Crippen molar-refractivity contribution in [3.63, 3.8) is 0 Å². The second-order valence-corrected chi connectivity index (χ2v) is 8.09. The van der Waals surface area contributed by atoms with E-state index in [1.54, 1.807) is 0 Å². The summed E-state index contributed by atoms with van der Waals surface area (Å²) in [5.41, 5.74) is 5.71. The Morgan fingerprint density at radius 1 is 0.935 bits per heavy atom. The average molecular weight is 426 g/mol. The van der Waals surface area contributed by atoms with E-state index in [9.17, 15) is 0 Å². The first kappa shape index (κ1) is 19.5. The van der Waals surface area contributed by atoms with Gasteiger partial charge >= 0.3 is 0 Å². The Morgan fingerprint density at radius 3 is 2.52 bits per heavy atom. The van der Waals surface area contributed by atoms with E-state index in [0.29, 0.717) is 6.54 Å². The van der Waals surface area contributed by atoms with Crippen molar-refractivity contribution in [2.75, 3.05) is 0 Å². The predicted molar refractivity (Wildman–Crippen MR) is 126 cm³/mol. The van der Waals surface area contributed by atoms with Gasteiger partial charge in [0.05, 0.1) is 17.8 Å². The number of nitrogens with one attached hydrogen (secondary N) is 1. The molecule has 1 aromatic carbocycles. The monoisotopic (exact) mass is 425 g/mol. The van der Waals surface area contributed by atoms with Crippen molar-refractivity contribution in [3.05, 3.63) is 114 Å². The lowest BCUT2D eigenvalue weighted by Crippen LogP contribution is -2.30. The zero-order valence-corrected chi connectivity index (χ0v) is 18.0. The highest BCUT2D eigenvalue weighted by Gasteiger charge is 2.41. The number of hydrogen-bond acceptors (Lipinski definition) is 3. The maximum Gasteiger partial charge on any atom is 0.170 e. The molecule has 4 heterocycles. The third-order valence-electron chi connectivity index (χ3n) is 5.76. The molecular formula is C25H23N5S. The van der Waals surface area contributed by atoms with Crippen molar-refractivity contribution < 1.29 is 0 Å². The highest BCUT2D eigenvalue weighted by atomic mass is 32.1. The second kappa shape index (κ2) is 8.32. The van der Waals surface area contributed by atoms with Crippen LogP contribution in [0.2, 0.25) is 0 Å². The molecule has 0 saturated carbocycles. The van der Waals surface area contributed by atoms with Crippen LogP contribution >= 0.6 is 12.2 Å². The van der Waals surface area contributed by atoms with Crippen LogP contribution in [0.4, 0.5) is 0 Å². The van der Waals surface area contributed by atoms with Gasteiger partial charge in [-0.2, -0.15) is 0 Å². The van der Waals surface area contributed by atoms with Gasteiger partial charge < -0.3 is 14.8 Å². The Kier molecular flexibility index (Phi) is 5.22. The van der Waals surface area contributed by atoms with Gasteiger partial charge in [0.2, 0.25) is 0 Å². The number of aryl methyl sites for hydroxylation is 1. The van der Waals surface area contributed by atoms with E-state index in [-0.39, 0.29) is 12.1 Å². The van der Waals surface area contributed by atoms with E-state index < -0.39 is 0 Å². The molecule has 1 saturated heterocycles. The molecule has 0 amide bonds. The number of aromatic nitrogens is 3. The zero-order chi connectivity index (χ0) is 21.2. The fourth-order valence-corrected chi connectivity index (χ4v) is 4.58. The van der Waals surface area contributed by atoms with Crippen LogP contribution in [0.5, 0.6) is 0 Å². The van der Waals surface area contributed by atoms with Crippen LogP contribution in [-0.2, 0) is 6.54 Å². The van der Waals surface area contributed by atoms with Crippen LogP contribution in [0.1, 0.15) is 34.6 Å². The van der Waals surface area contributed by atoms with Crippen molar-refractivity contribution in [1.29, 1.82) is 0 Å². The molecule has 0 bridgehead atoms. The number of hydrogen-bond donors (Lipinski definition) is 1. The van der Waals surface area contributed by atoms with Crippen LogP contribution in [0.25, 0.3) is 5.69 Å². The first-order chi connectivity index (χ1) is 15.2. The molecule has 4 aromatic rings. The van der Waals surface area contributed by atoms with Crippen molar-refractivity contribution in [2.24, 2.45) is 0 Å². The van der Waals surface area contributed by atoms with E-state index in [4.69, 9.17) is 12.2 Å². The van der Waals surface area contributed by atoms with Crippen molar-refractivity contribution in [1.82, 2.24) is 24.8 Å². The SMILES string of the molecule is Cc1ccccc1-n1cccc1[C@H]1[C@H](c2ccccn2)NC(=S)N1Cc1ccncc1. The van der Waals surface area contributed by atoms with Crippen LogP contribution in [0, 0.1) is 6.92 Å². The van der Waals surface area contributed by atoms with E-state index in [1.165, 1.54) is 22.5 Å². The van der Waals surface area contributed by atoms with E-state index in [0.717, 1.165) is 10.8 Å². The van der Waals surface area contributed by atoms with Gasteiger partial charge in [0.15, 0.2) is 5.11 Å². The van der Waals surface area contributed by atoms with Crippen molar-refractivity contribution >= 4 is 17.3 Å². The number of pyridine rings is 2. The molecule has 0 unspecified atom stereocenters. The molecule has 0 radical (unpaired) electrons. The molecule has 0 spiro atoms. The Labute approximate surface area is 187 Å². The standard InChI is InChI=1S/C25H23N5S/c1-18-7-2-3-9-21(18)29-16-6-10-22(29)24-23(20-8-4-5-13-27-20)28-25(31)30(24)17-19-11-14-26-15-12-19/h2-16,23-24H,17H2,1H3,(H,28,31)/t23-,24-/m0/s1. The van der Waals surface area contributed by atoms with Crippen molar-refractivity contribution in [3.8, 4) is 5.69 Å². The summed E-state index contributed by atoms with van der Waals surface area (Å²) in [7, 11) is 0. The highest BCUT2D eigenvalue weighted by molar-refractivity contribution is 7.80. The summed E-state index contributed by atoms with van der Waals surface area (Å²) in [6.45, 7) is 2.84. The lowest BCUT2D eigenvalue weighted by molar-refractivity contribution is 0.302. The van der Waals surface area contributed by atoms with Gasteiger partial charge in [0, 0.05) is 42.7 Å². The summed E-state index contributed by atoms with van der Waals surface area (Å²) >= 11 is 5.82. The van der Waals surface area contributed by atoms with E-state index >= 15 is 0 Å². The topological polar surface area (TPSA) is 46.0 Å². The average Bonchev–Trinajstić information content (AvgIpc) is 3.40. The van der Waals surface area contributed by atoms with Gasteiger partial charge in [-0.05, 0) is 72.7 Å². The van der Waals surface area contributed by atoms with Crippen molar-refractivity contribution in [2.45, 2.75) is 25.6 Å². The van der Waals surface area contributed by atoms with Gasteiger partial charge in [-0.3, -0.25) is 9.97 Å². The minimum Gasteiger partial charge on any atom is -0.352 e. The summed E-state index contributed by atoms with van der Waals surface area (Å²) in [5.74, 6) is 0. The molecule has 5 rings (SSSR count). The summed E-state index contributed by atoms with van der Waals surface area (Å²) in [6.07, 6.45) is 7.61. The Balaban J connectivity index is 1.62. The van der Waals surface area contributed by atoms with Gasteiger partial charge in [0.25, 0.3) is 0 Å². The van der Waals surface area contributed by atoms with Crippen LogP contribution in [0.3, 0.4) is 0 Å². The lowest BCUT2D eigenvalue weighted by atomic mass is 10.0. The van der Waals surface area contributed by atoms with Gasteiger partial charge in [-0.15, -0.1) is 0 Å². The zero-order valence-electron chi connectivity index (χ0n) is 17.2. The number of thiocarbonyl (C=S) groups is 1. The third-order valence-corrected chi connectivity index (χ3v) is 6.11. The summed E-state index contributed by atoms with van der Waals surface area (Å²) in [4.78, 5) is 11.1. The van der Waals surface area contributed by atoms with Gasteiger partial charge in [-0.25, -0.2) is 0 Å². The van der Waals surface area contributed by atoms with E-state index in [1.807, 2.05) is 42.9 Å². The number of para-hydroxylation sites is 1. The van der Waals surface area contributed by atoms with Crippen LogP contribution < -0.4 is 5.32 Å². The Hall–Kier alpha value is -3.51. The predicted octanol–water partition coefficient (Wildman–Crippen LogP) is 4.75. The molecule has 1 fully saturated rings. The quantitative estimate of drug-likeness (QED) is 0.468. The molecule has 1 aliphatic rings. The number of benzene rings is 1. The fourth-order valence-electron chi connectivity index (χ4n) is 4.27. The normalized spacial score (nSPS) is 18.2. The van der Waals surface area contributed by atoms with Crippen LogP contribution in [-0.4, -0.2) is 24.5 Å². The van der Waals surface area contributed by atoms with E-state index in [2.05, 4.69) is 80.3 Å². The molecule has 154 valence electrons. The number of rotatable bonds is 5. The maximum absolute atomic E-state index is 5.82. The number of nitrogens with zero attached hydrogens (tertiary/aromatic N) is 4. The molecule has 5 nitrogen and oxygen atoms in total.